The highest BCUT2D eigenvalue weighted by molar-refractivity contribution is 6.05. The lowest BCUT2D eigenvalue weighted by atomic mass is 10.0. The molecule has 2 heterocycles. The number of carbonyl (C=O) groups is 4. The van der Waals surface area contributed by atoms with Gasteiger partial charge in [0, 0.05) is 24.2 Å². The van der Waals surface area contributed by atoms with Gasteiger partial charge in [-0.25, -0.2) is 4.79 Å². The van der Waals surface area contributed by atoms with Crippen LogP contribution in [0.15, 0.2) is 42.5 Å². The molecule has 2 N–H and O–H groups in total. The molecule has 8 heteroatoms. The molecule has 30 heavy (non-hydrogen) atoms. The zero-order chi connectivity index (χ0) is 21.3. The van der Waals surface area contributed by atoms with Gasteiger partial charge in [0.05, 0.1) is 0 Å². The van der Waals surface area contributed by atoms with Crippen LogP contribution in [0.2, 0.25) is 0 Å². The van der Waals surface area contributed by atoms with E-state index < -0.39 is 18.0 Å². The van der Waals surface area contributed by atoms with Crippen molar-refractivity contribution >= 4 is 29.5 Å². The van der Waals surface area contributed by atoms with Gasteiger partial charge in [0.15, 0.2) is 0 Å². The lowest BCUT2D eigenvalue weighted by Gasteiger charge is -2.29. The predicted octanol–water partition coefficient (Wildman–Crippen LogP) is 2.50. The summed E-state index contributed by atoms with van der Waals surface area (Å²) in [5.41, 5.74) is 3.62. The summed E-state index contributed by atoms with van der Waals surface area (Å²) in [6, 6.07) is 12.0. The standard InChI is InChI=1S/C22H21N3O5/c1-13-3-2-4-16(9-13)23-22(29)30-12-14-5-6-15-11-25(21(28)17(15)10-14)18-7-8-19(26)24-20(18)27/h2-6,9-10,18H,7-8,11-12H2,1H3,(H,23,29)(H,24,26,27). The number of rotatable bonds is 4. The molecule has 2 aromatic rings. The van der Waals surface area contributed by atoms with E-state index in [9.17, 15) is 19.2 Å². The Morgan fingerprint density at radius 3 is 2.80 bits per heavy atom. The van der Waals surface area contributed by atoms with Crippen molar-refractivity contribution in [3.8, 4) is 0 Å². The normalized spacial score (nSPS) is 18.1. The van der Waals surface area contributed by atoms with Gasteiger partial charge in [0.2, 0.25) is 11.8 Å². The minimum Gasteiger partial charge on any atom is -0.444 e. The Kier molecular flexibility index (Phi) is 5.22. The number of amides is 4. The molecule has 2 aliphatic heterocycles. The van der Waals surface area contributed by atoms with Gasteiger partial charge in [0.25, 0.3) is 5.91 Å². The third-order valence-corrected chi connectivity index (χ3v) is 5.23. The van der Waals surface area contributed by atoms with Crippen molar-refractivity contribution in [1.29, 1.82) is 0 Å². The van der Waals surface area contributed by atoms with E-state index in [2.05, 4.69) is 10.6 Å². The Balaban J connectivity index is 1.39. The predicted molar refractivity (Wildman–Crippen MR) is 107 cm³/mol. The van der Waals surface area contributed by atoms with Gasteiger partial charge < -0.3 is 9.64 Å². The topological polar surface area (TPSA) is 105 Å². The van der Waals surface area contributed by atoms with Gasteiger partial charge in [-0.1, -0.05) is 24.3 Å². The molecule has 0 aliphatic carbocycles. The molecule has 1 unspecified atom stereocenters. The number of hydrogen-bond donors (Lipinski definition) is 2. The van der Waals surface area contributed by atoms with Crippen LogP contribution in [-0.2, 0) is 27.5 Å². The van der Waals surface area contributed by atoms with E-state index in [0.717, 1.165) is 11.1 Å². The van der Waals surface area contributed by atoms with Gasteiger partial charge >= 0.3 is 6.09 Å². The molecule has 4 amide bonds. The van der Waals surface area contributed by atoms with Crippen LogP contribution in [0.3, 0.4) is 0 Å². The van der Waals surface area contributed by atoms with E-state index >= 15 is 0 Å². The van der Waals surface area contributed by atoms with Crippen molar-refractivity contribution in [2.24, 2.45) is 0 Å². The highest BCUT2D eigenvalue weighted by Crippen LogP contribution is 2.28. The Hall–Kier alpha value is -3.68. The third kappa shape index (κ3) is 4.03. The van der Waals surface area contributed by atoms with Crippen molar-refractivity contribution in [2.45, 2.75) is 39.0 Å². The molecular formula is C22H21N3O5. The number of aryl methyl sites for hydroxylation is 1. The van der Waals surface area contributed by atoms with Crippen LogP contribution >= 0.6 is 0 Å². The second kappa shape index (κ2) is 7.98. The van der Waals surface area contributed by atoms with Crippen molar-refractivity contribution in [1.82, 2.24) is 10.2 Å². The molecule has 4 rings (SSSR count). The fraction of sp³-hybridized carbons (Fsp3) is 0.273. The smallest absolute Gasteiger partial charge is 0.411 e. The van der Waals surface area contributed by atoms with Gasteiger partial charge in [0.1, 0.15) is 12.6 Å². The maximum atomic E-state index is 12.8. The first-order chi connectivity index (χ1) is 14.4. The lowest BCUT2D eigenvalue weighted by molar-refractivity contribution is -0.136. The number of nitrogens with zero attached hydrogens (tertiary/aromatic N) is 1. The van der Waals surface area contributed by atoms with E-state index in [0.29, 0.717) is 29.8 Å². The molecule has 0 bridgehead atoms. The first kappa shape index (κ1) is 19.6. The summed E-state index contributed by atoms with van der Waals surface area (Å²) in [6.45, 7) is 2.25. The average Bonchev–Trinajstić information content (AvgIpc) is 3.02. The number of piperidine rings is 1. The number of benzene rings is 2. The van der Waals surface area contributed by atoms with Gasteiger partial charge in [-0.05, 0) is 48.2 Å². The van der Waals surface area contributed by atoms with Crippen LogP contribution in [0.1, 0.15) is 39.9 Å². The lowest BCUT2D eigenvalue weighted by Crippen LogP contribution is -2.52. The SMILES string of the molecule is Cc1cccc(NC(=O)OCc2ccc3c(c2)C(=O)N(C2CCC(=O)NC2=O)C3)c1. The molecule has 0 radical (unpaired) electrons. The minimum absolute atomic E-state index is 0.0105. The quantitative estimate of drug-likeness (QED) is 0.758. The van der Waals surface area contributed by atoms with E-state index in [-0.39, 0.29) is 24.8 Å². The van der Waals surface area contributed by atoms with E-state index in [1.807, 2.05) is 25.1 Å². The minimum atomic E-state index is -0.651. The number of nitrogens with one attached hydrogen (secondary N) is 2. The third-order valence-electron chi connectivity index (χ3n) is 5.23. The second-order valence-electron chi connectivity index (χ2n) is 7.46. The summed E-state index contributed by atoms with van der Waals surface area (Å²) in [6.07, 6.45) is -0.0527. The van der Waals surface area contributed by atoms with Gasteiger partial charge in [-0.2, -0.15) is 0 Å². The Labute approximate surface area is 173 Å². The zero-order valence-electron chi connectivity index (χ0n) is 16.4. The first-order valence-electron chi connectivity index (χ1n) is 9.67. The number of fused-ring (bicyclic) bond motifs is 1. The Morgan fingerprint density at radius 1 is 1.20 bits per heavy atom. The molecule has 1 fully saturated rings. The molecule has 0 saturated carbocycles. The highest BCUT2D eigenvalue weighted by atomic mass is 16.5. The first-order valence-corrected chi connectivity index (χ1v) is 9.67. The second-order valence-corrected chi connectivity index (χ2v) is 7.46. The van der Waals surface area contributed by atoms with Crippen LogP contribution < -0.4 is 10.6 Å². The van der Waals surface area contributed by atoms with Crippen LogP contribution in [0, 0.1) is 6.92 Å². The molecule has 0 aromatic heterocycles. The van der Waals surface area contributed by atoms with Crippen LogP contribution in [0.5, 0.6) is 0 Å². The summed E-state index contributed by atoms with van der Waals surface area (Å²) < 4.78 is 5.26. The van der Waals surface area contributed by atoms with Crippen LogP contribution in [0.25, 0.3) is 0 Å². The van der Waals surface area contributed by atoms with E-state index in [1.54, 1.807) is 24.3 Å². The molecule has 0 spiro atoms. The van der Waals surface area contributed by atoms with Gasteiger partial charge in [-0.3, -0.25) is 25.0 Å². The van der Waals surface area contributed by atoms with Crippen molar-refractivity contribution < 1.29 is 23.9 Å². The average molecular weight is 407 g/mol. The molecule has 2 aliphatic rings. The monoisotopic (exact) mass is 407 g/mol. The molecule has 1 atom stereocenters. The number of hydrogen-bond acceptors (Lipinski definition) is 5. The number of anilines is 1. The van der Waals surface area contributed by atoms with Crippen molar-refractivity contribution in [2.75, 3.05) is 5.32 Å². The molecule has 2 aromatic carbocycles. The zero-order valence-corrected chi connectivity index (χ0v) is 16.4. The summed E-state index contributed by atoms with van der Waals surface area (Å²) in [7, 11) is 0. The number of carbonyl (C=O) groups excluding carboxylic acids is 4. The largest absolute Gasteiger partial charge is 0.444 e. The maximum absolute atomic E-state index is 12.8. The summed E-state index contributed by atoms with van der Waals surface area (Å²) in [5, 5.41) is 4.95. The van der Waals surface area contributed by atoms with Crippen LogP contribution in [-0.4, -0.2) is 34.8 Å². The van der Waals surface area contributed by atoms with Crippen LogP contribution in [0.4, 0.5) is 10.5 Å². The van der Waals surface area contributed by atoms with Crippen molar-refractivity contribution in [3.05, 3.63) is 64.7 Å². The number of ether oxygens (including phenoxy) is 1. The summed E-state index contributed by atoms with van der Waals surface area (Å²) in [5.74, 6) is -1.02. The maximum Gasteiger partial charge on any atom is 0.411 e. The van der Waals surface area contributed by atoms with Crippen molar-refractivity contribution in [3.63, 3.8) is 0 Å². The molecular weight excluding hydrogens is 386 g/mol. The van der Waals surface area contributed by atoms with Gasteiger partial charge in [-0.15, -0.1) is 0 Å². The number of imide groups is 1. The summed E-state index contributed by atoms with van der Waals surface area (Å²) >= 11 is 0. The Bertz CT molecular complexity index is 1050. The fourth-order valence-electron chi connectivity index (χ4n) is 3.72. The molecule has 8 nitrogen and oxygen atoms in total. The highest BCUT2D eigenvalue weighted by Gasteiger charge is 2.39. The Morgan fingerprint density at radius 2 is 2.03 bits per heavy atom. The molecule has 154 valence electrons. The van der Waals surface area contributed by atoms with E-state index in [4.69, 9.17) is 4.74 Å². The molecule has 1 saturated heterocycles. The summed E-state index contributed by atoms with van der Waals surface area (Å²) in [4.78, 5) is 49.8. The fourth-order valence-corrected chi connectivity index (χ4v) is 3.72. The van der Waals surface area contributed by atoms with E-state index in [1.165, 1.54) is 4.90 Å².